The van der Waals surface area contributed by atoms with Crippen molar-refractivity contribution in [3.8, 4) is 0 Å². The van der Waals surface area contributed by atoms with Gasteiger partial charge in [-0.15, -0.1) is 0 Å². The quantitative estimate of drug-likeness (QED) is 0.626. The van der Waals surface area contributed by atoms with Gasteiger partial charge in [0.25, 0.3) is 0 Å². The number of nitrogens with zero attached hydrogens (tertiary/aromatic N) is 2. The molecule has 1 fully saturated rings. The minimum atomic E-state index is -2.95. The van der Waals surface area contributed by atoms with Crippen molar-refractivity contribution in [2.24, 2.45) is 0 Å². The second kappa shape index (κ2) is 8.83. The highest BCUT2D eigenvalue weighted by atomic mass is 31.2. The summed E-state index contributed by atoms with van der Waals surface area (Å²) in [6, 6.07) is 18.6. The molecule has 27 heavy (non-hydrogen) atoms. The van der Waals surface area contributed by atoms with Crippen molar-refractivity contribution in [2.75, 3.05) is 46.5 Å². The molecule has 0 amide bonds. The maximum atomic E-state index is 13.2. The smallest absolute Gasteiger partial charge is 0.245 e. The molecule has 2 atom stereocenters. The van der Waals surface area contributed by atoms with Gasteiger partial charge < -0.3 is 9.05 Å². The standard InChI is InChI=1S/C19H26N2O4P2/c1-24-26(22,18-9-5-3-6-10-18)16-20-13-14-21(15-20)17-27(23,25-2)19-11-7-4-8-12-19/h3-12H,13-17H2,1-2H3. The van der Waals surface area contributed by atoms with E-state index in [4.69, 9.17) is 9.05 Å². The normalized spacial score (nSPS) is 20.2. The Hall–Kier alpha value is -1.26. The lowest BCUT2D eigenvalue weighted by molar-refractivity contribution is 0.273. The number of benzene rings is 2. The van der Waals surface area contributed by atoms with E-state index in [1.54, 1.807) is 0 Å². The summed E-state index contributed by atoms with van der Waals surface area (Å²) in [4.78, 5) is 4.17. The molecule has 0 aliphatic carbocycles. The average molecular weight is 408 g/mol. The Morgan fingerprint density at radius 1 is 0.741 bits per heavy atom. The van der Waals surface area contributed by atoms with E-state index in [1.807, 2.05) is 60.7 Å². The summed E-state index contributed by atoms with van der Waals surface area (Å²) in [5.41, 5.74) is 0. The summed E-state index contributed by atoms with van der Waals surface area (Å²) in [5, 5.41) is 1.44. The van der Waals surface area contributed by atoms with E-state index in [0.29, 0.717) is 19.2 Å². The Kier molecular flexibility index (Phi) is 6.69. The molecule has 6 nitrogen and oxygen atoms in total. The van der Waals surface area contributed by atoms with Gasteiger partial charge in [-0.05, 0) is 24.3 Å². The highest BCUT2D eigenvalue weighted by Crippen LogP contribution is 2.47. The molecule has 0 aromatic heterocycles. The van der Waals surface area contributed by atoms with E-state index in [1.165, 1.54) is 14.2 Å². The fourth-order valence-electron chi connectivity index (χ4n) is 3.26. The van der Waals surface area contributed by atoms with Gasteiger partial charge in [-0.3, -0.25) is 18.9 Å². The highest BCUT2D eigenvalue weighted by Gasteiger charge is 2.34. The van der Waals surface area contributed by atoms with E-state index in [9.17, 15) is 9.13 Å². The molecule has 1 aliphatic rings. The Labute approximate surface area is 161 Å². The molecule has 0 radical (unpaired) electrons. The summed E-state index contributed by atoms with van der Waals surface area (Å²) in [5.74, 6) is 0. The van der Waals surface area contributed by atoms with Gasteiger partial charge in [-0.1, -0.05) is 36.4 Å². The number of rotatable bonds is 8. The predicted octanol–water partition coefficient (Wildman–Crippen LogP) is 2.98. The van der Waals surface area contributed by atoms with Gasteiger partial charge >= 0.3 is 0 Å². The molecular formula is C19H26N2O4P2. The minimum absolute atomic E-state index is 0.340. The van der Waals surface area contributed by atoms with Crippen LogP contribution in [-0.2, 0) is 18.2 Å². The Morgan fingerprint density at radius 2 is 1.11 bits per heavy atom. The van der Waals surface area contributed by atoms with Crippen molar-refractivity contribution >= 4 is 25.3 Å². The van der Waals surface area contributed by atoms with Gasteiger partial charge in [0, 0.05) is 37.9 Å². The molecule has 2 unspecified atom stereocenters. The second-order valence-corrected chi connectivity index (χ2v) is 11.6. The summed E-state index contributed by atoms with van der Waals surface area (Å²) < 4.78 is 37.4. The van der Waals surface area contributed by atoms with Crippen molar-refractivity contribution in [1.29, 1.82) is 0 Å². The Bertz CT molecular complexity index is 763. The van der Waals surface area contributed by atoms with Crippen LogP contribution in [0.15, 0.2) is 60.7 Å². The Morgan fingerprint density at radius 3 is 1.44 bits per heavy atom. The minimum Gasteiger partial charge on any atom is -0.328 e. The van der Waals surface area contributed by atoms with Crippen LogP contribution in [0.5, 0.6) is 0 Å². The van der Waals surface area contributed by atoms with E-state index in [-0.39, 0.29) is 0 Å². The van der Waals surface area contributed by atoms with Crippen LogP contribution in [0, 0.1) is 0 Å². The fourth-order valence-corrected chi connectivity index (χ4v) is 7.01. The van der Waals surface area contributed by atoms with Gasteiger partial charge in [-0.25, -0.2) is 0 Å². The van der Waals surface area contributed by atoms with Crippen molar-refractivity contribution in [1.82, 2.24) is 9.80 Å². The lowest BCUT2D eigenvalue weighted by Gasteiger charge is -2.25. The summed E-state index contributed by atoms with van der Waals surface area (Å²) in [7, 11) is -2.90. The largest absolute Gasteiger partial charge is 0.328 e. The van der Waals surface area contributed by atoms with Crippen LogP contribution in [-0.4, -0.2) is 56.3 Å². The van der Waals surface area contributed by atoms with Crippen LogP contribution in [0.2, 0.25) is 0 Å². The van der Waals surface area contributed by atoms with E-state index < -0.39 is 14.7 Å². The van der Waals surface area contributed by atoms with Gasteiger partial charge in [-0.2, -0.15) is 0 Å². The zero-order valence-corrected chi connectivity index (χ0v) is 17.5. The third-order valence-corrected chi connectivity index (χ3v) is 9.69. The molecule has 0 spiro atoms. The first kappa shape index (κ1) is 20.5. The molecule has 3 rings (SSSR count). The van der Waals surface area contributed by atoms with Gasteiger partial charge in [0.1, 0.15) is 0 Å². The summed E-state index contributed by atoms with van der Waals surface area (Å²) in [6.45, 7) is 2.08. The third kappa shape index (κ3) is 4.78. The maximum Gasteiger partial charge on any atom is 0.245 e. The van der Waals surface area contributed by atoms with Crippen LogP contribution in [0.3, 0.4) is 0 Å². The first-order valence-corrected chi connectivity index (χ1v) is 12.5. The van der Waals surface area contributed by atoms with E-state index in [2.05, 4.69) is 9.80 Å². The molecule has 0 N–H and O–H groups in total. The van der Waals surface area contributed by atoms with Crippen molar-refractivity contribution < 1.29 is 18.2 Å². The van der Waals surface area contributed by atoms with Crippen LogP contribution in [0.25, 0.3) is 0 Å². The lowest BCUT2D eigenvalue weighted by Crippen LogP contribution is -2.30. The topological polar surface area (TPSA) is 59.1 Å². The van der Waals surface area contributed by atoms with Crippen molar-refractivity contribution in [3.05, 3.63) is 60.7 Å². The van der Waals surface area contributed by atoms with E-state index in [0.717, 1.165) is 23.7 Å². The maximum absolute atomic E-state index is 13.2. The zero-order valence-electron chi connectivity index (χ0n) is 15.7. The van der Waals surface area contributed by atoms with Gasteiger partial charge in [0.2, 0.25) is 14.7 Å². The van der Waals surface area contributed by atoms with Gasteiger partial charge in [0.15, 0.2) is 0 Å². The van der Waals surface area contributed by atoms with Crippen LogP contribution in [0.1, 0.15) is 0 Å². The van der Waals surface area contributed by atoms with Crippen LogP contribution in [0.4, 0.5) is 0 Å². The molecule has 2 aromatic carbocycles. The third-order valence-electron chi connectivity index (χ3n) is 4.79. The molecule has 0 saturated carbocycles. The molecular weight excluding hydrogens is 382 g/mol. The van der Waals surface area contributed by atoms with Gasteiger partial charge in [0.05, 0.1) is 19.2 Å². The summed E-state index contributed by atoms with van der Waals surface area (Å²) >= 11 is 0. The molecule has 2 aromatic rings. The number of hydrogen-bond donors (Lipinski definition) is 0. The molecule has 1 saturated heterocycles. The lowest BCUT2D eigenvalue weighted by atomic mass is 10.4. The first-order valence-electron chi connectivity index (χ1n) is 8.85. The first-order chi connectivity index (χ1) is 13.0. The second-order valence-electron chi connectivity index (χ2n) is 6.60. The summed E-state index contributed by atoms with van der Waals surface area (Å²) in [6.07, 6.45) is 0.680. The van der Waals surface area contributed by atoms with Crippen molar-refractivity contribution in [3.63, 3.8) is 0 Å². The highest BCUT2D eigenvalue weighted by molar-refractivity contribution is 7.67. The van der Waals surface area contributed by atoms with Crippen LogP contribution >= 0.6 is 14.7 Å². The van der Waals surface area contributed by atoms with Crippen molar-refractivity contribution in [2.45, 2.75) is 0 Å². The molecule has 0 bridgehead atoms. The predicted molar refractivity (Wildman–Crippen MR) is 109 cm³/mol. The SMILES string of the molecule is COP(=O)(CN1CCN(CP(=O)(OC)c2ccccc2)C1)c1ccccc1. The number of hydrogen-bond acceptors (Lipinski definition) is 6. The fraction of sp³-hybridized carbons (Fsp3) is 0.368. The molecule has 1 heterocycles. The van der Waals surface area contributed by atoms with Crippen LogP contribution < -0.4 is 10.6 Å². The average Bonchev–Trinajstić information content (AvgIpc) is 3.15. The zero-order chi connectivity index (χ0) is 19.3. The molecule has 1 aliphatic heterocycles. The van der Waals surface area contributed by atoms with E-state index >= 15 is 0 Å². The molecule has 8 heteroatoms. The monoisotopic (exact) mass is 408 g/mol. The molecule has 146 valence electrons. The Balaban J connectivity index is 1.66.